The summed E-state index contributed by atoms with van der Waals surface area (Å²) in [7, 11) is 1.47. The zero-order chi connectivity index (χ0) is 24.1. The fraction of sp³-hybridized carbons (Fsp3) is 0.333. The first kappa shape index (κ1) is 23.2. The van der Waals surface area contributed by atoms with Gasteiger partial charge >= 0.3 is 5.97 Å². The maximum absolute atomic E-state index is 13.8. The summed E-state index contributed by atoms with van der Waals surface area (Å²) >= 11 is 12.1. The van der Waals surface area contributed by atoms with Gasteiger partial charge in [0.25, 0.3) is 11.5 Å². The number of aromatic nitrogens is 3. The van der Waals surface area contributed by atoms with Crippen LogP contribution in [0.3, 0.4) is 0 Å². The lowest BCUT2D eigenvalue weighted by molar-refractivity contribution is 0.0256. The number of anilines is 2. The van der Waals surface area contributed by atoms with Crippen molar-refractivity contribution in [2.24, 2.45) is 7.05 Å². The molecule has 4 rings (SSSR count). The fourth-order valence-corrected chi connectivity index (χ4v) is 4.27. The van der Waals surface area contributed by atoms with Gasteiger partial charge in [0.2, 0.25) is 5.95 Å². The predicted octanol–water partition coefficient (Wildman–Crippen LogP) is 4.35. The van der Waals surface area contributed by atoms with Gasteiger partial charge in [0.15, 0.2) is 5.69 Å². The minimum absolute atomic E-state index is 0.0241. The van der Waals surface area contributed by atoms with Gasteiger partial charge in [0.05, 0.1) is 29.2 Å². The van der Waals surface area contributed by atoms with E-state index in [4.69, 9.17) is 23.2 Å². The van der Waals surface area contributed by atoms with Gasteiger partial charge in [-0.2, -0.15) is 0 Å². The number of halogens is 4. The molecule has 1 fully saturated rings. The highest BCUT2D eigenvalue weighted by Crippen LogP contribution is 2.33. The van der Waals surface area contributed by atoms with Crippen LogP contribution in [-0.2, 0) is 7.05 Å². The molecule has 1 aliphatic heterocycles. The Morgan fingerprint density at radius 2 is 2.00 bits per heavy atom. The molecule has 1 aliphatic rings. The van der Waals surface area contributed by atoms with Crippen LogP contribution >= 0.6 is 23.2 Å². The van der Waals surface area contributed by atoms with Crippen LogP contribution in [0.15, 0.2) is 29.1 Å². The summed E-state index contributed by atoms with van der Waals surface area (Å²) in [6.07, 6.45) is -0.326. The van der Waals surface area contributed by atoms with Gasteiger partial charge in [-0.15, -0.1) is 0 Å². The third kappa shape index (κ3) is 4.45. The number of aromatic carboxylic acids is 1. The summed E-state index contributed by atoms with van der Waals surface area (Å²) in [4.78, 5) is 34.4. The number of nitrogens with one attached hydrogen (secondary N) is 1. The van der Waals surface area contributed by atoms with Crippen LogP contribution < -0.4 is 15.8 Å². The maximum Gasteiger partial charge on any atom is 0.356 e. The quantitative estimate of drug-likeness (QED) is 0.505. The lowest BCUT2D eigenvalue weighted by Crippen LogP contribution is -2.32. The Bertz CT molecular complexity index is 1330. The second kappa shape index (κ2) is 8.42. The van der Waals surface area contributed by atoms with E-state index in [1.807, 2.05) is 0 Å². The Balaban J connectivity index is 1.82. The van der Waals surface area contributed by atoms with Gasteiger partial charge < -0.3 is 15.3 Å². The Morgan fingerprint density at radius 3 is 2.64 bits per heavy atom. The topological polar surface area (TPSA) is 100 Å². The van der Waals surface area contributed by atoms with Crippen LogP contribution in [0.5, 0.6) is 0 Å². The smallest absolute Gasteiger partial charge is 0.356 e. The number of carboxylic acid groups (broad SMARTS) is 1. The normalized spacial score (nSPS) is 16.2. The number of carbonyl (C=O) groups is 1. The molecule has 174 valence electrons. The predicted molar refractivity (Wildman–Crippen MR) is 122 cm³/mol. The number of pyridine rings is 1. The van der Waals surface area contributed by atoms with Crippen molar-refractivity contribution in [3.05, 3.63) is 56.1 Å². The fourth-order valence-electron chi connectivity index (χ4n) is 3.90. The van der Waals surface area contributed by atoms with E-state index in [0.717, 1.165) is 0 Å². The summed E-state index contributed by atoms with van der Waals surface area (Å²) < 4.78 is 28.9. The van der Waals surface area contributed by atoms with E-state index < -0.39 is 30.0 Å². The molecule has 0 radical (unpaired) electrons. The summed E-state index contributed by atoms with van der Waals surface area (Å²) in [5.74, 6) is -4.01. The molecule has 1 saturated heterocycles. The number of hydrogen-bond acceptors (Lipinski definition) is 6. The Labute approximate surface area is 196 Å². The number of fused-ring (bicyclic) bond motifs is 1. The first-order chi connectivity index (χ1) is 15.5. The van der Waals surface area contributed by atoms with Gasteiger partial charge in [-0.1, -0.05) is 23.2 Å². The SMILES string of the molecule is C[C@H](Nc1ccc(Cl)nc1C(=O)O)c1cc(Cl)cc2c(=O)n(C)c(N3CCC(F)(F)C3)nc12. The van der Waals surface area contributed by atoms with Crippen LogP contribution in [0.25, 0.3) is 10.9 Å². The highest BCUT2D eigenvalue weighted by atomic mass is 35.5. The van der Waals surface area contributed by atoms with Gasteiger partial charge in [-0.3, -0.25) is 9.36 Å². The molecular formula is C21H19Cl2F2N5O3. The summed E-state index contributed by atoms with van der Waals surface area (Å²) in [5.41, 5.74) is 0.279. The van der Waals surface area contributed by atoms with E-state index >= 15 is 0 Å². The van der Waals surface area contributed by atoms with Crippen molar-refractivity contribution in [1.29, 1.82) is 0 Å². The van der Waals surface area contributed by atoms with Crippen LogP contribution in [0, 0.1) is 0 Å². The number of benzene rings is 1. The van der Waals surface area contributed by atoms with Crippen molar-refractivity contribution >= 4 is 51.7 Å². The molecule has 3 aromatic rings. The third-order valence-corrected chi connectivity index (χ3v) is 5.93. The molecule has 0 amide bonds. The molecule has 3 heterocycles. The van der Waals surface area contributed by atoms with Gasteiger partial charge in [0, 0.05) is 30.6 Å². The number of nitrogens with zero attached hydrogens (tertiary/aromatic N) is 4. The van der Waals surface area contributed by atoms with Crippen LogP contribution in [0.1, 0.15) is 35.4 Å². The highest BCUT2D eigenvalue weighted by molar-refractivity contribution is 6.31. The van der Waals surface area contributed by atoms with Gasteiger partial charge in [-0.25, -0.2) is 23.5 Å². The summed E-state index contributed by atoms with van der Waals surface area (Å²) in [6, 6.07) is 5.42. The molecule has 8 nitrogen and oxygen atoms in total. The van der Waals surface area contributed by atoms with Crippen LogP contribution in [0.4, 0.5) is 20.4 Å². The third-order valence-electron chi connectivity index (χ3n) is 5.51. The number of carboxylic acids is 1. The summed E-state index contributed by atoms with van der Waals surface area (Å²) in [5, 5.41) is 13.0. The first-order valence-corrected chi connectivity index (χ1v) is 10.7. The molecule has 2 aromatic heterocycles. The molecule has 33 heavy (non-hydrogen) atoms. The largest absolute Gasteiger partial charge is 0.476 e. The van der Waals surface area contributed by atoms with Crippen molar-refractivity contribution in [1.82, 2.24) is 14.5 Å². The first-order valence-electron chi connectivity index (χ1n) is 9.96. The zero-order valence-corrected chi connectivity index (χ0v) is 19.1. The van der Waals surface area contributed by atoms with E-state index in [-0.39, 0.29) is 51.4 Å². The standard InChI is InChI=1S/C21H19Cl2F2N5O3/c1-10(26-14-3-4-15(23)27-17(14)19(32)33)12-7-11(22)8-13-16(12)28-20(29(2)18(13)31)30-6-5-21(24,25)9-30/h3-4,7-8,10,26H,5-6,9H2,1-2H3,(H,32,33)/t10-/m0/s1. The molecule has 0 aliphatic carbocycles. The van der Waals surface area contributed by atoms with Crippen molar-refractivity contribution < 1.29 is 18.7 Å². The number of rotatable bonds is 5. The second-order valence-electron chi connectivity index (χ2n) is 7.90. The second-order valence-corrected chi connectivity index (χ2v) is 8.72. The molecular weight excluding hydrogens is 479 g/mol. The van der Waals surface area contributed by atoms with Crippen LogP contribution in [0.2, 0.25) is 10.2 Å². The zero-order valence-electron chi connectivity index (χ0n) is 17.6. The molecule has 0 unspecified atom stereocenters. The summed E-state index contributed by atoms with van der Waals surface area (Å²) in [6.45, 7) is 1.26. The minimum Gasteiger partial charge on any atom is -0.476 e. The minimum atomic E-state index is -2.86. The molecule has 2 N–H and O–H groups in total. The van der Waals surface area contributed by atoms with E-state index in [0.29, 0.717) is 5.56 Å². The Hall–Kier alpha value is -2.98. The van der Waals surface area contributed by atoms with E-state index in [2.05, 4.69) is 15.3 Å². The molecule has 0 bridgehead atoms. The van der Waals surface area contributed by atoms with Gasteiger partial charge in [0.1, 0.15) is 5.15 Å². The van der Waals surface area contributed by atoms with E-state index in [1.165, 1.54) is 34.7 Å². The monoisotopic (exact) mass is 497 g/mol. The number of alkyl halides is 2. The van der Waals surface area contributed by atoms with Crippen LogP contribution in [-0.4, -0.2) is 44.6 Å². The molecule has 0 saturated carbocycles. The van der Waals surface area contributed by atoms with E-state index in [1.54, 1.807) is 13.0 Å². The Kier molecular flexibility index (Phi) is 5.92. The van der Waals surface area contributed by atoms with Crippen molar-refractivity contribution in [2.75, 3.05) is 23.3 Å². The lowest BCUT2D eigenvalue weighted by Gasteiger charge is -2.23. The van der Waals surface area contributed by atoms with E-state index in [9.17, 15) is 23.5 Å². The van der Waals surface area contributed by atoms with Crippen molar-refractivity contribution in [3.63, 3.8) is 0 Å². The molecule has 1 atom stereocenters. The molecule has 0 spiro atoms. The van der Waals surface area contributed by atoms with Crippen molar-refractivity contribution in [3.8, 4) is 0 Å². The van der Waals surface area contributed by atoms with Gasteiger partial charge in [-0.05, 0) is 31.2 Å². The number of hydrogen-bond donors (Lipinski definition) is 2. The Morgan fingerprint density at radius 1 is 1.27 bits per heavy atom. The maximum atomic E-state index is 13.8. The molecule has 12 heteroatoms. The molecule has 1 aromatic carbocycles. The average molecular weight is 498 g/mol. The average Bonchev–Trinajstić information content (AvgIpc) is 3.11. The highest BCUT2D eigenvalue weighted by Gasteiger charge is 2.39. The lowest BCUT2D eigenvalue weighted by atomic mass is 10.0. The van der Waals surface area contributed by atoms with Crippen molar-refractivity contribution in [2.45, 2.75) is 25.3 Å².